The first-order valence-electron chi connectivity index (χ1n) is 7.70. The first-order chi connectivity index (χ1) is 10.2. The van der Waals surface area contributed by atoms with Gasteiger partial charge < -0.3 is 20.7 Å². The molecule has 5 nitrogen and oxygen atoms in total. The van der Waals surface area contributed by atoms with Crippen LogP contribution >= 0.6 is 0 Å². The number of anilines is 1. The minimum atomic E-state index is -0.571. The van der Waals surface area contributed by atoms with Crippen molar-refractivity contribution in [2.45, 2.75) is 37.8 Å². The number of nitrogens with zero attached hydrogens (tertiary/aromatic N) is 1. The summed E-state index contributed by atoms with van der Waals surface area (Å²) in [7, 11) is 0. The van der Waals surface area contributed by atoms with Crippen molar-refractivity contribution < 1.29 is 14.9 Å². The molecule has 0 heterocycles. The van der Waals surface area contributed by atoms with Crippen molar-refractivity contribution in [1.29, 1.82) is 0 Å². The number of aliphatic hydroxyl groups is 2. The van der Waals surface area contributed by atoms with E-state index in [0.717, 1.165) is 12.8 Å². The molecule has 1 aromatic carbocycles. The molecule has 1 saturated carbocycles. The lowest BCUT2D eigenvalue weighted by atomic mass is 10.2. The topological polar surface area (TPSA) is 79.0 Å². The molecular weight excluding hydrogens is 268 g/mol. The Hall–Kier alpha value is -1.30. The molecule has 0 spiro atoms. The summed E-state index contributed by atoms with van der Waals surface area (Å²) in [5.74, 6) is 0.670. The minimum Gasteiger partial charge on any atom is -0.491 e. The summed E-state index contributed by atoms with van der Waals surface area (Å²) in [6.07, 6.45) is 4.22. The highest BCUT2D eigenvalue weighted by Gasteiger charge is 2.24. The average Bonchev–Trinajstić information content (AvgIpc) is 2.99. The Labute approximate surface area is 126 Å². The van der Waals surface area contributed by atoms with E-state index in [0.29, 0.717) is 30.6 Å². The van der Waals surface area contributed by atoms with Gasteiger partial charge in [-0.1, -0.05) is 18.9 Å². The van der Waals surface area contributed by atoms with Crippen molar-refractivity contribution in [3.8, 4) is 5.75 Å². The molecule has 1 aromatic rings. The monoisotopic (exact) mass is 294 g/mol. The van der Waals surface area contributed by atoms with Crippen molar-refractivity contribution in [2.75, 3.05) is 32.0 Å². The molecule has 0 bridgehead atoms. The van der Waals surface area contributed by atoms with Crippen molar-refractivity contribution in [3.63, 3.8) is 0 Å². The molecule has 1 aliphatic rings. The average molecular weight is 294 g/mol. The van der Waals surface area contributed by atoms with Crippen LogP contribution < -0.4 is 10.5 Å². The fraction of sp³-hybridized carbons (Fsp3) is 0.625. The van der Waals surface area contributed by atoms with Gasteiger partial charge in [0.05, 0.1) is 6.61 Å². The van der Waals surface area contributed by atoms with Crippen LogP contribution in [0.15, 0.2) is 24.3 Å². The van der Waals surface area contributed by atoms with E-state index >= 15 is 0 Å². The Kier molecular flexibility index (Phi) is 6.29. The van der Waals surface area contributed by atoms with E-state index in [-0.39, 0.29) is 13.2 Å². The zero-order valence-electron chi connectivity index (χ0n) is 12.4. The maximum absolute atomic E-state index is 10.2. The molecule has 2 rings (SSSR count). The van der Waals surface area contributed by atoms with Crippen LogP contribution in [0.4, 0.5) is 5.69 Å². The number of hydrogen-bond donors (Lipinski definition) is 3. The summed E-state index contributed by atoms with van der Waals surface area (Å²) >= 11 is 0. The number of ether oxygens (including phenoxy) is 1. The van der Waals surface area contributed by atoms with Gasteiger partial charge in [-0.2, -0.15) is 0 Å². The number of nitrogens with two attached hydrogens (primary N) is 1. The summed E-state index contributed by atoms with van der Waals surface area (Å²) in [6, 6.07) is 7.68. The van der Waals surface area contributed by atoms with Gasteiger partial charge in [0.1, 0.15) is 18.5 Å². The maximum Gasteiger partial charge on any atom is 0.121 e. The minimum absolute atomic E-state index is 0.124. The molecule has 0 radical (unpaired) electrons. The Balaban J connectivity index is 1.79. The molecule has 1 aliphatic carbocycles. The normalized spacial score (nSPS) is 17.3. The lowest BCUT2D eigenvalue weighted by Crippen LogP contribution is -2.42. The van der Waals surface area contributed by atoms with Crippen LogP contribution in [0.25, 0.3) is 0 Å². The third-order valence-electron chi connectivity index (χ3n) is 3.97. The number of hydrogen-bond acceptors (Lipinski definition) is 5. The third kappa shape index (κ3) is 5.19. The largest absolute Gasteiger partial charge is 0.491 e. The number of nitrogen functional groups attached to an aromatic ring is 1. The maximum atomic E-state index is 10.2. The highest BCUT2D eigenvalue weighted by atomic mass is 16.5. The molecule has 1 unspecified atom stereocenters. The second-order valence-corrected chi connectivity index (χ2v) is 5.69. The molecular formula is C16H26N2O3. The highest BCUT2D eigenvalue weighted by Crippen LogP contribution is 2.23. The third-order valence-corrected chi connectivity index (χ3v) is 3.97. The van der Waals surface area contributed by atoms with Gasteiger partial charge >= 0.3 is 0 Å². The standard InChI is InChI=1S/C16H26N2O3/c17-13-4-3-7-16(10-13)21-12-15(20)11-18(8-9-19)14-5-1-2-6-14/h3-4,7,10,14-15,19-20H,1-2,5-6,8-9,11-12,17H2. The Morgan fingerprint density at radius 3 is 2.76 bits per heavy atom. The second kappa shape index (κ2) is 8.22. The summed E-state index contributed by atoms with van der Waals surface area (Å²) in [5, 5.41) is 19.3. The van der Waals surface area contributed by atoms with Crippen LogP contribution in [0.3, 0.4) is 0 Å². The van der Waals surface area contributed by atoms with Gasteiger partial charge in [-0.3, -0.25) is 4.90 Å². The van der Waals surface area contributed by atoms with E-state index < -0.39 is 6.10 Å². The zero-order chi connectivity index (χ0) is 15.1. The Morgan fingerprint density at radius 2 is 2.10 bits per heavy atom. The number of benzene rings is 1. The van der Waals surface area contributed by atoms with Crippen molar-refractivity contribution in [1.82, 2.24) is 4.90 Å². The van der Waals surface area contributed by atoms with Crippen LogP contribution in [-0.4, -0.2) is 53.6 Å². The predicted octanol–water partition coefficient (Wildman–Crippen LogP) is 1.25. The smallest absolute Gasteiger partial charge is 0.121 e. The molecule has 0 saturated heterocycles. The quantitative estimate of drug-likeness (QED) is 0.629. The Morgan fingerprint density at radius 1 is 1.33 bits per heavy atom. The second-order valence-electron chi connectivity index (χ2n) is 5.69. The van der Waals surface area contributed by atoms with Crippen LogP contribution in [0.2, 0.25) is 0 Å². The molecule has 0 aliphatic heterocycles. The number of rotatable bonds is 8. The van der Waals surface area contributed by atoms with Gasteiger partial charge in [0, 0.05) is 30.9 Å². The molecule has 1 fully saturated rings. The van der Waals surface area contributed by atoms with E-state index in [4.69, 9.17) is 10.5 Å². The van der Waals surface area contributed by atoms with E-state index in [1.54, 1.807) is 12.1 Å². The zero-order valence-corrected chi connectivity index (χ0v) is 12.4. The van der Waals surface area contributed by atoms with Gasteiger partial charge in [-0.05, 0) is 25.0 Å². The van der Waals surface area contributed by atoms with Gasteiger partial charge in [0.2, 0.25) is 0 Å². The van der Waals surface area contributed by atoms with Gasteiger partial charge in [0.15, 0.2) is 0 Å². The molecule has 1 atom stereocenters. The lowest BCUT2D eigenvalue weighted by molar-refractivity contribution is 0.0451. The highest BCUT2D eigenvalue weighted by molar-refractivity contribution is 5.43. The van der Waals surface area contributed by atoms with E-state index in [1.807, 2.05) is 12.1 Å². The molecule has 21 heavy (non-hydrogen) atoms. The van der Waals surface area contributed by atoms with Gasteiger partial charge in [0.25, 0.3) is 0 Å². The molecule has 0 aromatic heterocycles. The molecule has 4 N–H and O–H groups in total. The van der Waals surface area contributed by atoms with E-state index in [9.17, 15) is 10.2 Å². The van der Waals surface area contributed by atoms with Crippen LogP contribution in [0, 0.1) is 0 Å². The van der Waals surface area contributed by atoms with Crippen molar-refractivity contribution in [3.05, 3.63) is 24.3 Å². The summed E-state index contributed by atoms with van der Waals surface area (Å²) < 4.78 is 5.57. The predicted molar refractivity (Wildman–Crippen MR) is 83.3 cm³/mol. The lowest BCUT2D eigenvalue weighted by Gasteiger charge is -2.30. The van der Waals surface area contributed by atoms with Gasteiger partial charge in [-0.25, -0.2) is 0 Å². The molecule has 0 amide bonds. The van der Waals surface area contributed by atoms with E-state index in [1.165, 1.54) is 12.8 Å². The van der Waals surface area contributed by atoms with Crippen LogP contribution in [0.5, 0.6) is 5.75 Å². The summed E-state index contributed by atoms with van der Waals surface area (Å²) in [4.78, 5) is 2.18. The fourth-order valence-electron chi connectivity index (χ4n) is 2.94. The SMILES string of the molecule is Nc1cccc(OCC(O)CN(CCO)C2CCCC2)c1. The van der Waals surface area contributed by atoms with Crippen molar-refractivity contribution >= 4 is 5.69 Å². The summed E-state index contributed by atoms with van der Waals surface area (Å²) in [5.41, 5.74) is 6.34. The molecule has 5 heteroatoms. The van der Waals surface area contributed by atoms with Crippen LogP contribution in [0.1, 0.15) is 25.7 Å². The fourth-order valence-corrected chi connectivity index (χ4v) is 2.94. The summed E-state index contributed by atoms with van der Waals surface area (Å²) in [6.45, 7) is 1.50. The van der Waals surface area contributed by atoms with E-state index in [2.05, 4.69) is 4.90 Å². The van der Waals surface area contributed by atoms with Crippen LogP contribution in [-0.2, 0) is 0 Å². The molecule has 118 valence electrons. The number of aliphatic hydroxyl groups excluding tert-OH is 2. The van der Waals surface area contributed by atoms with Crippen molar-refractivity contribution in [2.24, 2.45) is 0 Å². The van der Waals surface area contributed by atoms with Gasteiger partial charge in [-0.15, -0.1) is 0 Å². The first-order valence-corrected chi connectivity index (χ1v) is 7.70. The Bertz CT molecular complexity index is 422. The first kappa shape index (κ1) is 16.1.